The molecule has 0 saturated carbocycles. The van der Waals surface area contributed by atoms with E-state index < -0.39 is 0 Å². The fourth-order valence-electron chi connectivity index (χ4n) is 2.56. The Bertz CT molecular complexity index is 546. The summed E-state index contributed by atoms with van der Waals surface area (Å²) in [5, 5.41) is 3.62. The molecular formula is C16H24N2S. The number of hydrogen-bond acceptors (Lipinski definition) is 3. The van der Waals surface area contributed by atoms with Crippen LogP contribution in [0.4, 0.5) is 0 Å². The number of thiophene rings is 1. The average Bonchev–Trinajstić information content (AvgIpc) is 2.81. The molecule has 0 amide bonds. The zero-order chi connectivity index (χ0) is 14.0. The van der Waals surface area contributed by atoms with Gasteiger partial charge in [-0.25, -0.2) is 0 Å². The Morgan fingerprint density at radius 3 is 2.63 bits per heavy atom. The highest BCUT2D eigenvalue weighted by atomic mass is 32.1. The van der Waals surface area contributed by atoms with E-state index in [4.69, 9.17) is 5.73 Å². The largest absolute Gasteiger partial charge is 0.326 e. The second-order valence-corrected chi connectivity index (χ2v) is 6.58. The van der Waals surface area contributed by atoms with Gasteiger partial charge in [0.15, 0.2) is 0 Å². The minimum absolute atomic E-state index is 0.0447. The van der Waals surface area contributed by atoms with E-state index in [0.717, 1.165) is 12.8 Å². The topological polar surface area (TPSA) is 29.3 Å². The van der Waals surface area contributed by atoms with E-state index in [-0.39, 0.29) is 11.6 Å². The smallest absolute Gasteiger partial charge is 0.0345 e. The highest BCUT2D eigenvalue weighted by Crippen LogP contribution is 2.29. The fraction of sp³-hybridized carbons (Fsp3) is 0.500. The van der Waals surface area contributed by atoms with Gasteiger partial charge in [0.1, 0.15) is 0 Å². The maximum Gasteiger partial charge on any atom is 0.0345 e. The van der Waals surface area contributed by atoms with Gasteiger partial charge >= 0.3 is 0 Å². The molecule has 2 aromatic rings. The molecule has 0 aliphatic heterocycles. The lowest BCUT2D eigenvalue weighted by atomic mass is 9.85. The van der Waals surface area contributed by atoms with E-state index in [9.17, 15) is 0 Å². The first-order valence-electron chi connectivity index (χ1n) is 6.87. The summed E-state index contributed by atoms with van der Waals surface area (Å²) in [7, 11) is 4.24. The molecule has 3 heteroatoms. The molecule has 0 saturated heterocycles. The van der Waals surface area contributed by atoms with Crippen LogP contribution < -0.4 is 5.73 Å². The summed E-state index contributed by atoms with van der Waals surface area (Å²) in [5.41, 5.74) is 7.94. The van der Waals surface area contributed by atoms with Crippen LogP contribution in [-0.2, 0) is 6.42 Å². The van der Waals surface area contributed by atoms with Crippen molar-refractivity contribution in [2.24, 2.45) is 5.73 Å². The molecule has 0 fully saturated rings. The number of nitrogens with two attached hydrogens (primary N) is 1. The van der Waals surface area contributed by atoms with Crippen LogP contribution in [0.25, 0.3) is 10.1 Å². The standard InChI is InChI=1S/C16H24N2S/c1-5-16(2,18(3)4)15(17)10-12-11-19-14-9-7-6-8-13(12)14/h6-9,11,15H,5,10,17H2,1-4H3. The van der Waals surface area contributed by atoms with Crippen molar-refractivity contribution in [3.8, 4) is 0 Å². The van der Waals surface area contributed by atoms with Crippen molar-refractivity contribution < 1.29 is 0 Å². The molecule has 1 aromatic heterocycles. The maximum atomic E-state index is 6.51. The Labute approximate surface area is 120 Å². The van der Waals surface area contributed by atoms with E-state index in [1.165, 1.54) is 15.6 Å². The third kappa shape index (κ3) is 2.69. The monoisotopic (exact) mass is 276 g/mol. The Hall–Kier alpha value is -0.900. The minimum atomic E-state index is 0.0447. The molecule has 0 aliphatic carbocycles. The van der Waals surface area contributed by atoms with E-state index in [1.807, 2.05) is 11.3 Å². The van der Waals surface area contributed by atoms with Crippen molar-refractivity contribution in [3.63, 3.8) is 0 Å². The van der Waals surface area contributed by atoms with E-state index in [0.29, 0.717) is 0 Å². The third-order valence-electron chi connectivity index (χ3n) is 4.54. The molecule has 0 radical (unpaired) electrons. The molecular weight excluding hydrogens is 252 g/mol. The van der Waals surface area contributed by atoms with Crippen molar-refractivity contribution in [1.82, 2.24) is 4.90 Å². The predicted octanol–water partition coefficient (Wildman–Crippen LogP) is 3.50. The summed E-state index contributed by atoms with van der Waals surface area (Å²) < 4.78 is 1.35. The molecule has 1 aromatic carbocycles. The Morgan fingerprint density at radius 2 is 2.00 bits per heavy atom. The Morgan fingerprint density at radius 1 is 1.32 bits per heavy atom. The van der Waals surface area contributed by atoms with Crippen LogP contribution in [0, 0.1) is 0 Å². The van der Waals surface area contributed by atoms with Gasteiger partial charge in [-0.3, -0.25) is 0 Å². The van der Waals surface area contributed by atoms with Crippen LogP contribution >= 0.6 is 11.3 Å². The van der Waals surface area contributed by atoms with Crippen LogP contribution in [0.15, 0.2) is 29.6 Å². The minimum Gasteiger partial charge on any atom is -0.326 e. The third-order valence-corrected chi connectivity index (χ3v) is 5.55. The number of rotatable bonds is 5. The first-order chi connectivity index (χ1) is 8.99. The number of nitrogens with zero attached hydrogens (tertiary/aromatic N) is 1. The van der Waals surface area contributed by atoms with Crippen molar-refractivity contribution in [2.45, 2.75) is 38.3 Å². The molecule has 2 N–H and O–H groups in total. The summed E-state index contributed by atoms with van der Waals surface area (Å²) in [5.74, 6) is 0. The maximum absolute atomic E-state index is 6.51. The first kappa shape index (κ1) is 14.5. The molecule has 104 valence electrons. The average molecular weight is 276 g/mol. The Kier molecular flexibility index (Phi) is 4.29. The zero-order valence-electron chi connectivity index (χ0n) is 12.3. The van der Waals surface area contributed by atoms with Crippen molar-refractivity contribution in [1.29, 1.82) is 0 Å². The highest BCUT2D eigenvalue weighted by Gasteiger charge is 2.32. The van der Waals surface area contributed by atoms with Crippen molar-refractivity contribution in [2.75, 3.05) is 14.1 Å². The molecule has 2 unspecified atom stereocenters. The molecule has 2 atom stereocenters. The van der Waals surface area contributed by atoms with E-state index >= 15 is 0 Å². The lowest BCUT2D eigenvalue weighted by Gasteiger charge is -2.41. The lowest BCUT2D eigenvalue weighted by molar-refractivity contribution is 0.131. The molecule has 0 spiro atoms. The van der Waals surface area contributed by atoms with Crippen molar-refractivity contribution in [3.05, 3.63) is 35.2 Å². The van der Waals surface area contributed by atoms with Crippen LogP contribution in [0.2, 0.25) is 0 Å². The van der Waals surface area contributed by atoms with Crippen LogP contribution in [0.3, 0.4) is 0 Å². The van der Waals surface area contributed by atoms with E-state index in [1.54, 1.807) is 0 Å². The van der Waals surface area contributed by atoms with Crippen LogP contribution in [-0.4, -0.2) is 30.6 Å². The van der Waals surface area contributed by atoms with Gasteiger partial charge in [0.2, 0.25) is 0 Å². The number of benzene rings is 1. The van der Waals surface area contributed by atoms with Gasteiger partial charge in [-0.05, 0) is 56.3 Å². The second kappa shape index (κ2) is 5.61. The van der Waals surface area contributed by atoms with Gasteiger partial charge in [-0.1, -0.05) is 25.1 Å². The summed E-state index contributed by atoms with van der Waals surface area (Å²) in [4.78, 5) is 2.26. The van der Waals surface area contributed by atoms with Gasteiger partial charge in [0, 0.05) is 16.3 Å². The molecule has 19 heavy (non-hydrogen) atoms. The van der Waals surface area contributed by atoms with Gasteiger partial charge in [0.05, 0.1) is 0 Å². The molecule has 2 nitrogen and oxygen atoms in total. The summed E-state index contributed by atoms with van der Waals surface area (Å²) in [6.07, 6.45) is 2.00. The van der Waals surface area contributed by atoms with Gasteiger partial charge in [-0.15, -0.1) is 11.3 Å². The van der Waals surface area contributed by atoms with E-state index in [2.05, 4.69) is 62.5 Å². The molecule has 1 heterocycles. The predicted molar refractivity (Wildman–Crippen MR) is 85.9 cm³/mol. The molecule has 2 rings (SSSR count). The quantitative estimate of drug-likeness (QED) is 0.905. The van der Waals surface area contributed by atoms with Gasteiger partial charge in [-0.2, -0.15) is 0 Å². The summed E-state index contributed by atoms with van der Waals surface area (Å²) >= 11 is 1.81. The van der Waals surface area contributed by atoms with Crippen LogP contribution in [0.5, 0.6) is 0 Å². The van der Waals surface area contributed by atoms with Gasteiger partial charge < -0.3 is 10.6 Å². The fourth-order valence-corrected chi connectivity index (χ4v) is 3.53. The first-order valence-corrected chi connectivity index (χ1v) is 7.75. The normalized spacial score (nSPS) is 16.7. The Balaban J connectivity index is 2.25. The van der Waals surface area contributed by atoms with Crippen molar-refractivity contribution >= 4 is 21.4 Å². The summed E-state index contributed by atoms with van der Waals surface area (Å²) in [6, 6.07) is 8.73. The molecule has 0 aliphatic rings. The molecule has 0 bridgehead atoms. The lowest BCUT2D eigenvalue weighted by Crippen LogP contribution is -2.55. The second-order valence-electron chi connectivity index (χ2n) is 5.67. The highest BCUT2D eigenvalue weighted by molar-refractivity contribution is 7.17. The SMILES string of the molecule is CCC(C)(C(N)Cc1csc2ccccc12)N(C)C. The zero-order valence-corrected chi connectivity index (χ0v) is 13.1. The number of fused-ring (bicyclic) bond motifs is 1. The number of hydrogen-bond donors (Lipinski definition) is 1. The van der Waals surface area contributed by atoms with Crippen LogP contribution in [0.1, 0.15) is 25.8 Å². The number of likely N-dealkylation sites (N-methyl/N-ethyl adjacent to an activating group) is 1. The van der Waals surface area contributed by atoms with Gasteiger partial charge in [0.25, 0.3) is 0 Å². The summed E-state index contributed by atoms with van der Waals surface area (Å²) in [6.45, 7) is 4.47.